The first kappa shape index (κ1) is 20.0. The Hall–Kier alpha value is -2.90. The van der Waals surface area contributed by atoms with Crippen LogP contribution in [-0.2, 0) is 11.2 Å². The molecule has 0 saturated heterocycles. The number of carbonyl (C=O) groups excluding carboxylic acids is 1. The zero-order valence-electron chi connectivity index (χ0n) is 17.0. The Balaban J connectivity index is 1.42. The second-order valence-corrected chi connectivity index (χ2v) is 9.46. The van der Waals surface area contributed by atoms with Crippen molar-refractivity contribution in [2.75, 3.05) is 5.75 Å². The van der Waals surface area contributed by atoms with Crippen LogP contribution >= 0.6 is 23.1 Å². The minimum atomic E-state index is -0.0954. The topological polar surface area (TPSA) is 64.0 Å². The van der Waals surface area contributed by atoms with Crippen molar-refractivity contribution in [3.8, 4) is 5.69 Å². The fourth-order valence-electron chi connectivity index (χ4n) is 4.09. The van der Waals surface area contributed by atoms with Crippen molar-refractivity contribution in [3.05, 3.63) is 87.0 Å². The lowest BCUT2D eigenvalue weighted by atomic mass is 10.1. The van der Waals surface area contributed by atoms with Gasteiger partial charge in [0.2, 0.25) is 5.91 Å². The van der Waals surface area contributed by atoms with E-state index in [4.69, 9.17) is 4.98 Å². The van der Waals surface area contributed by atoms with Gasteiger partial charge < -0.3 is 5.32 Å². The average Bonchev–Trinajstić information content (AvgIpc) is 3.41. The summed E-state index contributed by atoms with van der Waals surface area (Å²) in [5, 5.41) is 5.56. The number of benzene rings is 2. The Morgan fingerprint density at radius 3 is 2.87 bits per heavy atom. The first-order valence-electron chi connectivity index (χ1n) is 10.2. The van der Waals surface area contributed by atoms with E-state index in [2.05, 4.69) is 17.4 Å². The van der Waals surface area contributed by atoms with E-state index < -0.39 is 0 Å². The zero-order chi connectivity index (χ0) is 21.4. The second-order valence-electron chi connectivity index (χ2n) is 7.60. The molecule has 4 aromatic rings. The molecule has 156 valence electrons. The maximum Gasteiger partial charge on any atom is 0.276 e. The Bertz CT molecular complexity index is 1340. The Morgan fingerprint density at radius 1 is 1.19 bits per heavy atom. The van der Waals surface area contributed by atoms with Crippen molar-refractivity contribution >= 4 is 39.2 Å². The van der Waals surface area contributed by atoms with E-state index in [1.807, 2.05) is 54.8 Å². The van der Waals surface area contributed by atoms with Crippen LogP contribution in [0.3, 0.4) is 0 Å². The standard InChI is InChI=1S/C24H21N3O2S2/c1-15-6-2-5-9-20(15)27-23(29)22-19(12-13-30-22)26-24(27)31-14-21(28)25-18-11-10-16-7-3-4-8-17(16)18/h2-9,12-13,18H,10-11,14H2,1H3,(H,25,28). The molecule has 5 nitrogen and oxygen atoms in total. The largest absolute Gasteiger partial charge is 0.349 e. The molecule has 0 radical (unpaired) electrons. The first-order valence-corrected chi connectivity index (χ1v) is 12.0. The van der Waals surface area contributed by atoms with Crippen molar-refractivity contribution in [1.29, 1.82) is 0 Å². The molecular weight excluding hydrogens is 426 g/mol. The smallest absolute Gasteiger partial charge is 0.276 e. The van der Waals surface area contributed by atoms with Crippen LogP contribution in [0, 0.1) is 6.92 Å². The summed E-state index contributed by atoms with van der Waals surface area (Å²) in [7, 11) is 0. The summed E-state index contributed by atoms with van der Waals surface area (Å²) in [6.45, 7) is 1.97. The van der Waals surface area contributed by atoms with Gasteiger partial charge in [-0.15, -0.1) is 11.3 Å². The van der Waals surface area contributed by atoms with E-state index in [0.717, 1.165) is 24.1 Å². The van der Waals surface area contributed by atoms with Crippen LogP contribution in [0.4, 0.5) is 0 Å². The molecule has 0 fully saturated rings. The molecule has 5 rings (SSSR count). The van der Waals surface area contributed by atoms with Crippen LogP contribution in [0.2, 0.25) is 0 Å². The van der Waals surface area contributed by atoms with Gasteiger partial charge in [-0.25, -0.2) is 4.98 Å². The molecular formula is C24H21N3O2S2. The predicted octanol–water partition coefficient (Wildman–Crippen LogP) is 4.65. The van der Waals surface area contributed by atoms with Crippen molar-refractivity contribution in [1.82, 2.24) is 14.9 Å². The van der Waals surface area contributed by atoms with E-state index >= 15 is 0 Å². The molecule has 0 aliphatic heterocycles. The van der Waals surface area contributed by atoms with Gasteiger partial charge in [0.15, 0.2) is 5.16 Å². The van der Waals surface area contributed by atoms with Crippen molar-refractivity contribution in [2.45, 2.75) is 31.0 Å². The van der Waals surface area contributed by atoms with Gasteiger partial charge in [0, 0.05) is 0 Å². The Kier molecular flexibility index (Phi) is 5.38. The van der Waals surface area contributed by atoms with Crippen LogP contribution in [0.15, 0.2) is 69.9 Å². The number of nitrogens with one attached hydrogen (secondary N) is 1. The number of nitrogens with zero attached hydrogens (tertiary/aromatic N) is 2. The number of aryl methyl sites for hydroxylation is 2. The molecule has 0 bridgehead atoms. The van der Waals surface area contributed by atoms with Gasteiger partial charge >= 0.3 is 0 Å². The summed E-state index contributed by atoms with van der Waals surface area (Å²) in [4.78, 5) is 30.7. The zero-order valence-corrected chi connectivity index (χ0v) is 18.6. The quantitative estimate of drug-likeness (QED) is 0.357. The molecule has 2 aromatic heterocycles. The first-order chi connectivity index (χ1) is 15.1. The molecule has 31 heavy (non-hydrogen) atoms. The van der Waals surface area contributed by atoms with E-state index in [1.165, 1.54) is 34.2 Å². The maximum atomic E-state index is 13.2. The highest BCUT2D eigenvalue weighted by Crippen LogP contribution is 2.31. The SMILES string of the molecule is Cc1ccccc1-n1c(SCC(=O)NC2CCc3ccccc32)nc2ccsc2c1=O. The summed E-state index contributed by atoms with van der Waals surface area (Å²) >= 11 is 2.69. The lowest BCUT2D eigenvalue weighted by Crippen LogP contribution is -2.29. The fourth-order valence-corrected chi connectivity index (χ4v) is 5.67. The van der Waals surface area contributed by atoms with Gasteiger partial charge in [0.1, 0.15) is 4.70 Å². The van der Waals surface area contributed by atoms with Crippen molar-refractivity contribution in [2.24, 2.45) is 0 Å². The highest BCUT2D eigenvalue weighted by atomic mass is 32.2. The van der Waals surface area contributed by atoms with E-state index in [1.54, 1.807) is 4.57 Å². The molecule has 2 aromatic carbocycles. The van der Waals surface area contributed by atoms with Crippen LogP contribution in [0.25, 0.3) is 15.9 Å². The molecule has 2 heterocycles. The lowest BCUT2D eigenvalue weighted by molar-refractivity contribution is -0.119. The van der Waals surface area contributed by atoms with Gasteiger partial charge in [0.05, 0.1) is 23.0 Å². The molecule has 0 spiro atoms. The third-order valence-electron chi connectivity index (χ3n) is 5.61. The summed E-state index contributed by atoms with van der Waals surface area (Å²) in [5.74, 6) is 0.148. The van der Waals surface area contributed by atoms with Crippen molar-refractivity contribution in [3.63, 3.8) is 0 Å². The number of rotatable bonds is 5. The van der Waals surface area contributed by atoms with Crippen LogP contribution < -0.4 is 10.9 Å². The number of hydrogen-bond donors (Lipinski definition) is 1. The minimum absolute atomic E-state index is 0.0511. The number of para-hydroxylation sites is 1. The summed E-state index contributed by atoms with van der Waals surface area (Å²) in [5.41, 5.74) is 4.86. The van der Waals surface area contributed by atoms with Gasteiger partial charge in [-0.1, -0.05) is 54.2 Å². The van der Waals surface area contributed by atoms with Crippen LogP contribution in [0.1, 0.15) is 29.2 Å². The van der Waals surface area contributed by atoms with Crippen molar-refractivity contribution < 1.29 is 4.79 Å². The predicted molar refractivity (Wildman–Crippen MR) is 126 cm³/mol. The number of fused-ring (bicyclic) bond motifs is 2. The van der Waals surface area contributed by atoms with E-state index in [9.17, 15) is 9.59 Å². The number of amides is 1. The minimum Gasteiger partial charge on any atom is -0.349 e. The molecule has 1 amide bonds. The highest BCUT2D eigenvalue weighted by molar-refractivity contribution is 7.99. The molecule has 1 aliphatic rings. The maximum absolute atomic E-state index is 13.2. The Labute approximate surface area is 188 Å². The monoisotopic (exact) mass is 447 g/mol. The molecule has 0 saturated carbocycles. The van der Waals surface area contributed by atoms with E-state index in [0.29, 0.717) is 15.4 Å². The van der Waals surface area contributed by atoms with E-state index in [-0.39, 0.29) is 23.3 Å². The molecule has 1 aliphatic carbocycles. The van der Waals surface area contributed by atoms with Gasteiger partial charge in [-0.2, -0.15) is 0 Å². The normalized spacial score (nSPS) is 15.2. The molecule has 1 atom stereocenters. The lowest BCUT2D eigenvalue weighted by Gasteiger charge is -2.16. The van der Waals surface area contributed by atoms with Crippen LogP contribution in [-0.4, -0.2) is 21.2 Å². The summed E-state index contributed by atoms with van der Waals surface area (Å²) in [6, 6.07) is 17.9. The highest BCUT2D eigenvalue weighted by Gasteiger charge is 2.24. The average molecular weight is 448 g/mol. The third-order valence-corrected chi connectivity index (χ3v) is 7.44. The number of carbonyl (C=O) groups is 1. The summed E-state index contributed by atoms with van der Waals surface area (Å²) in [6.07, 6.45) is 1.90. The number of thioether (sulfide) groups is 1. The number of hydrogen-bond acceptors (Lipinski definition) is 5. The third kappa shape index (κ3) is 3.79. The fraction of sp³-hybridized carbons (Fsp3) is 0.208. The Morgan fingerprint density at radius 2 is 2.00 bits per heavy atom. The van der Waals surface area contributed by atoms with Crippen LogP contribution in [0.5, 0.6) is 0 Å². The summed E-state index contributed by atoms with van der Waals surface area (Å²) < 4.78 is 2.26. The number of thiophene rings is 1. The van der Waals surface area contributed by atoms with Gasteiger partial charge in [-0.05, 0) is 54.0 Å². The second kappa shape index (κ2) is 8.32. The number of aromatic nitrogens is 2. The molecule has 1 N–H and O–H groups in total. The van der Waals surface area contributed by atoms with Gasteiger partial charge in [0.25, 0.3) is 5.56 Å². The molecule has 1 unspecified atom stereocenters. The molecule has 7 heteroatoms. The van der Waals surface area contributed by atoms with Gasteiger partial charge in [-0.3, -0.25) is 14.2 Å².